The van der Waals surface area contributed by atoms with E-state index in [0.717, 1.165) is 0 Å². The SMILES string of the molecule is O=C(NNC(=O)c1ccccc1NCC(O)CO)Nc1ccccc1. The highest BCUT2D eigenvalue weighted by atomic mass is 16.3. The molecular weight excluding hydrogens is 324 g/mol. The summed E-state index contributed by atoms with van der Waals surface area (Å²) < 4.78 is 0. The number of aliphatic hydroxyl groups is 2. The van der Waals surface area contributed by atoms with Crippen LogP contribution in [0.1, 0.15) is 10.4 Å². The molecule has 0 spiro atoms. The number of amides is 3. The Morgan fingerprint density at radius 1 is 0.960 bits per heavy atom. The second-order valence-electron chi connectivity index (χ2n) is 5.16. The zero-order valence-electron chi connectivity index (χ0n) is 13.4. The van der Waals surface area contributed by atoms with E-state index < -0.39 is 18.0 Å². The minimum Gasteiger partial charge on any atom is -0.394 e. The zero-order chi connectivity index (χ0) is 18.1. The number of hydrogen-bond acceptors (Lipinski definition) is 5. The standard InChI is InChI=1S/C17H20N4O4/c22-11-13(23)10-18-15-9-5-4-8-14(15)16(24)20-21-17(25)19-12-6-2-1-3-7-12/h1-9,13,18,22-23H,10-11H2,(H,20,24)(H2,19,21,25). The predicted octanol–water partition coefficient (Wildman–Crippen LogP) is 0.918. The lowest BCUT2D eigenvalue weighted by Gasteiger charge is -2.14. The molecule has 132 valence electrons. The molecule has 8 heteroatoms. The summed E-state index contributed by atoms with van der Waals surface area (Å²) in [6.07, 6.45) is -0.939. The van der Waals surface area contributed by atoms with Gasteiger partial charge in [0.15, 0.2) is 0 Å². The van der Waals surface area contributed by atoms with E-state index in [1.165, 1.54) is 0 Å². The number of carbonyl (C=O) groups excluding carboxylic acids is 2. The van der Waals surface area contributed by atoms with Crippen molar-refractivity contribution in [3.05, 3.63) is 60.2 Å². The lowest BCUT2D eigenvalue weighted by molar-refractivity contribution is 0.0937. The Morgan fingerprint density at radius 2 is 1.64 bits per heavy atom. The van der Waals surface area contributed by atoms with E-state index >= 15 is 0 Å². The molecule has 0 fully saturated rings. The molecule has 0 heterocycles. The molecule has 0 radical (unpaired) electrons. The minimum atomic E-state index is -0.939. The van der Waals surface area contributed by atoms with Gasteiger partial charge in [-0.3, -0.25) is 10.2 Å². The number of carbonyl (C=O) groups is 2. The van der Waals surface area contributed by atoms with Crippen molar-refractivity contribution in [1.29, 1.82) is 0 Å². The summed E-state index contributed by atoms with van der Waals surface area (Å²) in [4.78, 5) is 24.0. The van der Waals surface area contributed by atoms with Crippen LogP contribution in [-0.2, 0) is 0 Å². The molecule has 0 aromatic heterocycles. The van der Waals surface area contributed by atoms with Gasteiger partial charge in [-0.1, -0.05) is 30.3 Å². The molecule has 25 heavy (non-hydrogen) atoms. The van der Waals surface area contributed by atoms with Crippen molar-refractivity contribution in [3.8, 4) is 0 Å². The number of benzene rings is 2. The first-order valence-corrected chi connectivity index (χ1v) is 7.64. The van der Waals surface area contributed by atoms with Gasteiger partial charge >= 0.3 is 6.03 Å². The second-order valence-corrected chi connectivity index (χ2v) is 5.16. The first kappa shape index (κ1) is 18.2. The van der Waals surface area contributed by atoms with Gasteiger partial charge < -0.3 is 20.8 Å². The number of hydrazine groups is 1. The molecule has 2 aromatic carbocycles. The summed E-state index contributed by atoms with van der Waals surface area (Å²) in [6.45, 7) is -0.300. The average Bonchev–Trinajstić information content (AvgIpc) is 2.65. The van der Waals surface area contributed by atoms with Gasteiger partial charge in [-0.05, 0) is 24.3 Å². The summed E-state index contributed by atoms with van der Waals surface area (Å²) in [5.74, 6) is -0.523. The van der Waals surface area contributed by atoms with E-state index in [2.05, 4.69) is 21.5 Å². The fraction of sp³-hybridized carbons (Fsp3) is 0.176. The van der Waals surface area contributed by atoms with E-state index in [9.17, 15) is 14.7 Å². The molecule has 8 nitrogen and oxygen atoms in total. The van der Waals surface area contributed by atoms with Gasteiger partial charge in [0.25, 0.3) is 5.91 Å². The van der Waals surface area contributed by atoms with Crippen molar-refractivity contribution in [2.24, 2.45) is 0 Å². The van der Waals surface area contributed by atoms with Gasteiger partial charge in [0.1, 0.15) is 0 Å². The number of nitrogens with one attached hydrogen (secondary N) is 4. The van der Waals surface area contributed by atoms with Crippen molar-refractivity contribution < 1.29 is 19.8 Å². The quantitative estimate of drug-likeness (QED) is 0.435. The highest BCUT2D eigenvalue weighted by Gasteiger charge is 2.12. The summed E-state index contributed by atoms with van der Waals surface area (Å²) in [5, 5.41) is 23.7. The number of anilines is 2. The molecule has 0 saturated carbocycles. The van der Waals surface area contributed by atoms with Crippen LogP contribution in [0.2, 0.25) is 0 Å². The smallest absolute Gasteiger partial charge is 0.337 e. The molecule has 2 rings (SSSR count). The van der Waals surface area contributed by atoms with Crippen molar-refractivity contribution in [1.82, 2.24) is 10.9 Å². The number of aliphatic hydroxyl groups excluding tert-OH is 2. The Morgan fingerprint density at radius 3 is 2.36 bits per heavy atom. The topological polar surface area (TPSA) is 123 Å². The monoisotopic (exact) mass is 344 g/mol. The van der Waals surface area contributed by atoms with Crippen LogP contribution in [0, 0.1) is 0 Å². The summed E-state index contributed by atoms with van der Waals surface area (Å²) in [6, 6.07) is 14.8. The molecule has 3 amide bonds. The van der Waals surface area contributed by atoms with Crippen LogP contribution in [0.15, 0.2) is 54.6 Å². The highest BCUT2D eigenvalue weighted by molar-refractivity contribution is 6.01. The van der Waals surface area contributed by atoms with Crippen LogP contribution in [0.4, 0.5) is 16.2 Å². The zero-order valence-corrected chi connectivity index (χ0v) is 13.4. The summed E-state index contributed by atoms with van der Waals surface area (Å²) in [7, 11) is 0. The molecule has 0 bridgehead atoms. The Labute approximate surface area is 144 Å². The van der Waals surface area contributed by atoms with Gasteiger partial charge in [0, 0.05) is 17.9 Å². The molecular formula is C17H20N4O4. The molecule has 2 aromatic rings. The van der Waals surface area contributed by atoms with Crippen LogP contribution < -0.4 is 21.5 Å². The summed E-state index contributed by atoms with van der Waals surface area (Å²) in [5.41, 5.74) is 5.92. The molecule has 0 aliphatic rings. The Bertz CT molecular complexity index is 709. The molecule has 6 N–H and O–H groups in total. The highest BCUT2D eigenvalue weighted by Crippen LogP contribution is 2.14. The lowest BCUT2D eigenvalue weighted by atomic mass is 10.1. The van der Waals surface area contributed by atoms with Crippen molar-refractivity contribution in [2.75, 3.05) is 23.8 Å². The van der Waals surface area contributed by atoms with Crippen LogP contribution in [0.25, 0.3) is 0 Å². The van der Waals surface area contributed by atoms with E-state index in [1.807, 2.05) is 6.07 Å². The third-order valence-corrected chi connectivity index (χ3v) is 3.23. The third-order valence-electron chi connectivity index (χ3n) is 3.23. The van der Waals surface area contributed by atoms with Crippen molar-refractivity contribution in [3.63, 3.8) is 0 Å². The maximum atomic E-state index is 12.2. The molecule has 1 atom stereocenters. The molecule has 1 unspecified atom stereocenters. The van der Waals surface area contributed by atoms with E-state index in [1.54, 1.807) is 48.5 Å². The predicted molar refractivity (Wildman–Crippen MR) is 94.1 cm³/mol. The first-order valence-electron chi connectivity index (χ1n) is 7.64. The number of urea groups is 1. The maximum absolute atomic E-state index is 12.2. The fourth-order valence-electron chi connectivity index (χ4n) is 1.99. The Kier molecular flexibility index (Phi) is 6.76. The van der Waals surface area contributed by atoms with Crippen molar-refractivity contribution in [2.45, 2.75) is 6.10 Å². The van der Waals surface area contributed by atoms with E-state index in [-0.39, 0.29) is 18.7 Å². The fourth-order valence-corrected chi connectivity index (χ4v) is 1.99. The largest absolute Gasteiger partial charge is 0.394 e. The molecule has 0 saturated heterocycles. The number of hydrogen-bond donors (Lipinski definition) is 6. The Balaban J connectivity index is 1.91. The second kappa shape index (κ2) is 9.26. The van der Waals surface area contributed by atoms with E-state index in [4.69, 9.17) is 5.11 Å². The lowest BCUT2D eigenvalue weighted by Crippen LogP contribution is -2.44. The van der Waals surface area contributed by atoms with E-state index in [0.29, 0.717) is 11.4 Å². The number of rotatable bonds is 6. The third kappa shape index (κ3) is 5.79. The maximum Gasteiger partial charge on any atom is 0.337 e. The van der Waals surface area contributed by atoms with Crippen molar-refractivity contribution >= 4 is 23.3 Å². The van der Waals surface area contributed by atoms with Gasteiger partial charge in [-0.25, -0.2) is 10.2 Å². The normalized spacial score (nSPS) is 11.3. The van der Waals surface area contributed by atoms with Gasteiger partial charge in [-0.15, -0.1) is 0 Å². The van der Waals surface area contributed by atoms with Gasteiger partial charge in [0.05, 0.1) is 18.3 Å². The molecule has 0 aliphatic heterocycles. The summed E-state index contributed by atoms with van der Waals surface area (Å²) >= 11 is 0. The molecule has 0 aliphatic carbocycles. The Hall–Kier alpha value is -3.10. The van der Waals surface area contributed by atoms with Crippen LogP contribution in [0.3, 0.4) is 0 Å². The number of para-hydroxylation sites is 2. The average molecular weight is 344 g/mol. The van der Waals surface area contributed by atoms with Crippen LogP contribution >= 0.6 is 0 Å². The van der Waals surface area contributed by atoms with Gasteiger partial charge in [0.2, 0.25) is 0 Å². The minimum absolute atomic E-state index is 0.0860. The van der Waals surface area contributed by atoms with Crippen LogP contribution in [-0.4, -0.2) is 41.4 Å². The van der Waals surface area contributed by atoms with Gasteiger partial charge in [-0.2, -0.15) is 0 Å². The van der Waals surface area contributed by atoms with Crippen LogP contribution in [0.5, 0.6) is 0 Å². The first-order chi connectivity index (χ1) is 12.1.